The number of carboxylic acids is 1. The number of likely N-dealkylation sites (N-methyl/N-ethyl adjacent to an activating group) is 1. The summed E-state index contributed by atoms with van der Waals surface area (Å²) in [6, 6.07) is 3.64. The van der Waals surface area contributed by atoms with Gasteiger partial charge in [-0.25, -0.2) is 4.39 Å². The van der Waals surface area contributed by atoms with Gasteiger partial charge < -0.3 is 14.7 Å². The highest BCUT2D eigenvalue weighted by molar-refractivity contribution is 5.95. The summed E-state index contributed by atoms with van der Waals surface area (Å²) in [5, 5.41) is 9.19. The zero-order valence-corrected chi connectivity index (χ0v) is 12.0. The van der Waals surface area contributed by atoms with Gasteiger partial charge in [-0.15, -0.1) is 0 Å². The number of ether oxygens (including phenoxy) is 1. The van der Waals surface area contributed by atoms with Crippen molar-refractivity contribution in [3.05, 3.63) is 35.1 Å². The molecule has 2 unspecified atom stereocenters. The van der Waals surface area contributed by atoms with Crippen molar-refractivity contribution in [2.45, 2.75) is 19.9 Å². The number of aryl methyl sites for hydroxylation is 1. The summed E-state index contributed by atoms with van der Waals surface area (Å²) in [6.07, 6.45) is 0. The molecule has 1 fully saturated rings. The SMILES string of the molecule is CCN(C(=O)c1ccc(F)c(C)c1)C1COCC1C(=O)O. The minimum absolute atomic E-state index is 0.103. The molecule has 2 rings (SSSR count). The topological polar surface area (TPSA) is 66.8 Å². The fourth-order valence-electron chi connectivity index (χ4n) is 2.56. The first-order chi connectivity index (χ1) is 9.95. The highest BCUT2D eigenvalue weighted by Crippen LogP contribution is 2.22. The normalized spacial score (nSPS) is 21.3. The number of carbonyl (C=O) groups excluding carboxylic acids is 1. The quantitative estimate of drug-likeness (QED) is 0.918. The minimum Gasteiger partial charge on any atom is -0.481 e. The van der Waals surface area contributed by atoms with E-state index in [1.807, 2.05) is 0 Å². The summed E-state index contributed by atoms with van der Waals surface area (Å²) >= 11 is 0. The third-order valence-corrected chi connectivity index (χ3v) is 3.77. The van der Waals surface area contributed by atoms with Crippen LogP contribution in [0, 0.1) is 18.7 Å². The Kier molecular flexibility index (Phi) is 4.57. The van der Waals surface area contributed by atoms with Crippen molar-refractivity contribution in [2.24, 2.45) is 5.92 Å². The molecular formula is C15H18FNO4. The summed E-state index contributed by atoms with van der Waals surface area (Å²) < 4.78 is 18.5. The molecule has 0 spiro atoms. The van der Waals surface area contributed by atoms with Crippen LogP contribution in [0.15, 0.2) is 18.2 Å². The molecule has 21 heavy (non-hydrogen) atoms. The standard InChI is InChI=1S/C15H18FNO4/c1-3-17(13-8-21-7-11(13)15(19)20)14(18)10-4-5-12(16)9(2)6-10/h4-6,11,13H,3,7-8H2,1-2H3,(H,19,20). The molecule has 114 valence electrons. The van der Waals surface area contributed by atoms with Crippen molar-refractivity contribution in [1.29, 1.82) is 0 Å². The summed E-state index contributed by atoms with van der Waals surface area (Å²) in [5.74, 6) is -2.38. The Morgan fingerprint density at radius 2 is 2.14 bits per heavy atom. The van der Waals surface area contributed by atoms with E-state index < -0.39 is 17.9 Å². The lowest BCUT2D eigenvalue weighted by Crippen LogP contribution is -2.46. The molecule has 1 aliphatic rings. The van der Waals surface area contributed by atoms with E-state index in [1.165, 1.54) is 23.1 Å². The number of amides is 1. The van der Waals surface area contributed by atoms with Crippen LogP contribution in [0.4, 0.5) is 4.39 Å². The summed E-state index contributed by atoms with van der Waals surface area (Å²) in [6.45, 7) is 4.04. The van der Waals surface area contributed by atoms with Crippen LogP contribution in [0.2, 0.25) is 0 Å². The van der Waals surface area contributed by atoms with Crippen molar-refractivity contribution < 1.29 is 23.8 Å². The molecule has 1 aromatic carbocycles. The summed E-state index contributed by atoms with van der Waals surface area (Å²) in [4.78, 5) is 25.3. The second kappa shape index (κ2) is 6.22. The number of nitrogens with zero attached hydrogens (tertiary/aromatic N) is 1. The summed E-state index contributed by atoms with van der Waals surface area (Å²) in [7, 11) is 0. The number of halogens is 1. The van der Waals surface area contributed by atoms with Gasteiger partial charge in [0.25, 0.3) is 5.91 Å². The van der Waals surface area contributed by atoms with Crippen molar-refractivity contribution >= 4 is 11.9 Å². The molecule has 1 N–H and O–H groups in total. The molecule has 5 nitrogen and oxygen atoms in total. The van der Waals surface area contributed by atoms with Crippen LogP contribution in [0.3, 0.4) is 0 Å². The van der Waals surface area contributed by atoms with E-state index in [9.17, 15) is 19.1 Å². The predicted octanol–water partition coefficient (Wildman–Crippen LogP) is 1.70. The Bertz CT molecular complexity index is 561. The first-order valence-corrected chi connectivity index (χ1v) is 6.83. The van der Waals surface area contributed by atoms with E-state index in [1.54, 1.807) is 13.8 Å². The molecule has 2 atom stereocenters. The summed E-state index contributed by atoms with van der Waals surface area (Å²) in [5.41, 5.74) is 0.737. The molecule has 6 heteroatoms. The number of hydrogen-bond acceptors (Lipinski definition) is 3. The molecule has 0 bridgehead atoms. The van der Waals surface area contributed by atoms with Gasteiger partial charge in [-0.05, 0) is 37.6 Å². The van der Waals surface area contributed by atoms with Crippen molar-refractivity contribution in [3.8, 4) is 0 Å². The van der Waals surface area contributed by atoms with Gasteiger partial charge in [-0.2, -0.15) is 0 Å². The lowest BCUT2D eigenvalue weighted by Gasteiger charge is -2.29. The van der Waals surface area contributed by atoms with Crippen LogP contribution in [0.5, 0.6) is 0 Å². The molecule has 1 amide bonds. The highest BCUT2D eigenvalue weighted by Gasteiger charge is 2.39. The van der Waals surface area contributed by atoms with E-state index in [2.05, 4.69) is 0 Å². The molecule has 0 aliphatic carbocycles. The van der Waals surface area contributed by atoms with E-state index in [4.69, 9.17) is 4.74 Å². The third kappa shape index (κ3) is 3.05. The first-order valence-electron chi connectivity index (χ1n) is 6.83. The maximum Gasteiger partial charge on any atom is 0.311 e. The Balaban J connectivity index is 2.26. The molecule has 1 saturated heterocycles. The molecule has 0 radical (unpaired) electrons. The lowest BCUT2D eigenvalue weighted by molar-refractivity contribution is -0.142. The molecule has 1 aliphatic heterocycles. The number of carboxylic acid groups (broad SMARTS) is 1. The van der Waals surface area contributed by atoms with Crippen LogP contribution >= 0.6 is 0 Å². The van der Waals surface area contributed by atoms with Crippen LogP contribution in [-0.2, 0) is 9.53 Å². The van der Waals surface area contributed by atoms with Crippen LogP contribution in [0.1, 0.15) is 22.8 Å². The maximum atomic E-state index is 13.3. The Morgan fingerprint density at radius 3 is 2.71 bits per heavy atom. The third-order valence-electron chi connectivity index (χ3n) is 3.77. The lowest BCUT2D eigenvalue weighted by atomic mass is 10.0. The largest absolute Gasteiger partial charge is 0.481 e. The van der Waals surface area contributed by atoms with Gasteiger partial charge in [-0.1, -0.05) is 0 Å². The zero-order valence-electron chi connectivity index (χ0n) is 12.0. The van der Waals surface area contributed by atoms with Crippen LogP contribution in [-0.4, -0.2) is 47.7 Å². The van der Waals surface area contributed by atoms with Crippen LogP contribution in [0.25, 0.3) is 0 Å². The van der Waals surface area contributed by atoms with E-state index in [0.29, 0.717) is 17.7 Å². The monoisotopic (exact) mass is 295 g/mol. The van der Waals surface area contributed by atoms with Gasteiger partial charge in [-0.3, -0.25) is 9.59 Å². The smallest absolute Gasteiger partial charge is 0.311 e. The molecule has 1 heterocycles. The first kappa shape index (κ1) is 15.4. The van der Waals surface area contributed by atoms with Gasteiger partial charge in [0, 0.05) is 12.1 Å². The average Bonchev–Trinajstić information content (AvgIpc) is 2.92. The Labute approximate surface area is 122 Å². The predicted molar refractivity (Wildman–Crippen MR) is 73.6 cm³/mol. The molecule has 1 aromatic rings. The van der Waals surface area contributed by atoms with E-state index in [-0.39, 0.29) is 24.9 Å². The second-order valence-electron chi connectivity index (χ2n) is 5.10. The van der Waals surface area contributed by atoms with Gasteiger partial charge in [0.05, 0.1) is 19.3 Å². The van der Waals surface area contributed by atoms with Gasteiger partial charge in [0.2, 0.25) is 0 Å². The fourth-order valence-corrected chi connectivity index (χ4v) is 2.56. The second-order valence-corrected chi connectivity index (χ2v) is 5.10. The molecule has 0 saturated carbocycles. The van der Waals surface area contributed by atoms with Gasteiger partial charge in [0.1, 0.15) is 11.7 Å². The van der Waals surface area contributed by atoms with Gasteiger partial charge >= 0.3 is 5.97 Å². The fraction of sp³-hybridized carbons (Fsp3) is 0.467. The zero-order chi connectivity index (χ0) is 15.6. The number of aliphatic carboxylic acids is 1. The van der Waals surface area contributed by atoms with Crippen LogP contribution < -0.4 is 0 Å². The maximum absolute atomic E-state index is 13.3. The van der Waals surface area contributed by atoms with Crippen molar-refractivity contribution in [1.82, 2.24) is 4.90 Å². The Hall–Kier alpha value is -1.95. The molecular weight excluding hydrogens is 277 g/mol. The van der Waals surface area contributed by atoms with E-state index >= 15 is 0 Å². The number of hydrogen-bond donors (Lipinski definition) is 1. The number of carbonyl (C=O) groups is 2. The van der Waals surface area contributed by atoms with Crippen molar-refractivity contribution in [3.63, 3.8) is 0 Å². The van der Waals surface area contributed by atoms with E-state index in [0.717, 1.165) is 0 Å². The Morgan fingerprint density at radius 1 is 1.43 bits per heavy atom. The number of rotatable bonds is 4. The van der Waals surface area contributed by atoms with Gasteiger partial charge in [0.15, 0.2) is 0 Å². The minimum atomic E-state index is -0.973. The highest BCUT2D eigenvalue weighted by atomic mass is 19.1. The number of benzene rings is 1. The molecule has 0 aromatic heterocycles. The average molecular weight is 295 g/mol. The van der Waals surface area contributed by atoms with Crippen molar-refractivity contribution in [2.75, 3.05) is 19.8 Å².